The van der Waals surface area contributed by atoms with Crippen LogP contribution in [0, 0.1) is 23.0 Å². The molecule has 7 nitrogen and oxygen atoms in total. The third-order valence-electron chi connectivity index (χ3n) is 4.85. The number of nitrogens with one attached hydrogen (secondary N) is 2. The summed E-state index contributed by atoms with van der Waals surface area (Å²) in [5.74, 6) is -2.36. The molecular weight excluding hydrogens is 430 g/mol. The van der Waals surface area contributed by atoms with Gasteiger partial charge < -0.3 is 15.1 Å². The van der Waals surface area contributed by atoms with Crippen molar-refractivity contribution in [1.82, 2.24) is 15.2 Å². The molecule has 31 heavy (non-hydrogen) atoms. The number of amides is 3. The number of urea groups is 1. The van der Waals surface area contributed by atoms with Gasteiger partial charge in [-0.2, -0.15) is 5.26 Å². The van der Waals surface area contributed by atoms with Gasteiger partial charge in [0.25, 0.3) is 5.91 Å². The molecular formula is C21H11ClF2N4O3. The molecule has 1 aliphatic heterocycles. The second kappa shape index (κ2) is 7.66. The van der Waals surface area contributed by atoms with Crippen LogP contribution in [0.3, 0.4) is 0 Å². The first-order valence-electron chi connectivity index (χ1n) is 8.82. The SMILES string of the molecule is N#Cc1ccc(C(C=O)N2C(=O)NC(=Cc3c[nH]c4c(F)c(Cl)ccc34)C2=O)cc1F. The summed E-state index contributed by atoms with van der Waals surface area (Å²) < 4.78 is 28.1. The fourth-order valence-corrected chi connectivity index (χ4v) is 3.49. The lowest BCUT2D eigenvalue weighted by Gasteiger charge is -2.20. The number of benzene rings is 2. The predicted molar refractivity (Wildman–Crippen MR) is 107 cm³/mol. The van der Waals surface area contributed by atoms with E-state index in [1.165, 1.54) is 24.4 Å². The fraction of sp³-hybridized carbons (Fsp3) is 0.0476. The van der Waals surface area contributed by atoms with Crippen molar-refractivity contribution in [2.45, 2.75) is 6.04 Å². The van der Waals surface area contributed by atoms with Crippen LogP contribution in [0.15, 0.2) is 42.2 Å². The molecule has 0 aliphatic carbocycles. The van der Waals surface area contributed by atoms with E-state index in [-0.39, 0.29) is 27.4 Å². The van der Waals surface area contributed by atoms with Crippen molar-refractivity contribution in [2.24, 2.45) is 0 Å². The van der Waals surface area contributed by atoms with E-state index in [0.717, 1.165) is 12.1 Å². The van der Waals surface area contributed by atoms with Gasteiger partial charge >= 0.3 is 6.03 Å². The first-order chi connectivity index (χ1) is 14.8. The van der Waals surface area contributed by atoms with Gasteiger partial charge in [-0.15, -0.1) is 0 Å². The quantitative estimate of drug-likeness (QED) is 0.365. The van der Waals surface area contributed by atoms with Gasteiger partial charge in [-0.05, 0) is 29.8 Å². The number of fused-ring (bicyclic) bond motifs is 1. The van der Waals surface area contributed by atoms with Crippen LogP contribution >= 0.6 is 11.6 Å². The maximum Gasteiger partial charge on any atom is 0.329 e. The molecule has 1 aliphatic rings. The van der Waals surface area contributed by atoms with Gasteiger partial charge in [0.15, 0.2) is 5.82 Å². The van der Waals surface area contributed by atoms with Crippen LogP contribution in [0.2, 0.25) is 5.02 Å². The molecule has 1 unspecified atom stereocenters. The van der Waals surface area contributed by atoms with E-state index in [4.69, 9.17) is 16.9 Å². The molecule has 1 fully saturated rings. The van der Waals surface area contributed by atoms with Crippen molar-refractivity contribution in [2.75, 3.05) is 0 Å². The summed E-state index contributed by atoms with van der Waals surface area (Å²) in [7, 11) is 0. The fourth-order valence-electron chi connectivity index (χ4n) is 3.33. The molecule has 0 bridgehead atoms. The number of nitriles is 1. The predicted octanol–water partition coefficient (Wildman–Crippen LogP) is 3.80. The number of aldehydes is 1. The number of aromatic nitrogens is 1. The maximum absolute atomic E-state index is 14.1. The normalized spacial score (nSPS) is 15.9. The van der Waals surface area contributed by atoms with Crippen LogP contribution in [0.25, 0.3) is 17.0 Å². The zero-order valence-electron chi connectivity index (χ0n) is 15.4. The Morgan fingerprint density at radius 1 is 1.19 bits per heavy atom. The monoisotopic (exact) mass is 440 g/mol. The number of imide groups is 1. The van der Waals surface area contributed by atoms with Crippen LogP contribution in [0.1, 0.15) is 22.7 Å². The molecule has 2 aromatic carbocycles. The van der Waals surface area contributed by atoms with Gasteiger partial charge in [0.05, 0.1) is 16.1 Å². The standard InChI is InChI=1S/C21H11ClF2N4O3/c22-14-4-3-13-12(8-26-19(13)18(14)24)6-16-20(30)28(21(31)27-16)17(9-29)10-1-2-11(7-25)15(23)5-10/h1-6,8-9,17,26H,(H,27,31). The van der Waals surface area contributed by atoms with Crippen LogP contribution in [-0.4, -0.2) is 28.1 Å². The second-order valence-corrected chi connectivity index (χ2v) is 7.03. The van der Waals surface area contributed by atoms with Gasteiger partial charge in [0, 0.05) is 17.1 Å². The van der Waals surface area contributed by atoms with E-state index in [1.807, 2.05) is 0 Å². The summed E-state index contributed by atoms with van der Waals surface area (Å²) >= 11 is 5.76. The largest absolute Gasteiger partial charge is 0.358 e. The van der Waals surface area contributed by atoms with Crippen molar-refractivity contribution < 1.29 is 23.2 Å². The molecule has 1 aromatic heterocycles. The van der Waals surface area contributed by atoms with Crippen LogP contribution in [0.4, 0.5) is 13.6 Å². The van der Waals surface area contributed by atoms with Gasteiger partial charge in [-0.25, -0.2) is 18.5 Å². The van der Waals surface area contributed by atoms with Gasteiger partial charge in [0.1, 0.15) is 29.9 Å². The zero-order chi connectivity index (χ0) is 22.3. The summed E-state index contributed by atoms with van der Waals surface area (Å²) in [6, 6.07) is 5.64. The van der Waals surface area contributed by atoms with Crippen molar-refractivity contribution in [3.8, 4) is 6.07 Å². The van der Waals surface area contributed by atoms with E-state index in [1.54, 1.807) is 12.1 Å². The van der Waals surface area contributed by atoms with Gasteiger partial charge in [-0.3, -0.25) is 4.79 Å². The Morgan fingerprint density at radius 3 is 2.65 bits per heavy atom. The minimum atomic E-state index is -1.40. The molecule has 0 saturated carbocycles. The van der Waals surface area contributed by atoms with E-state index in [9.17, 15) is 23.2 Å². The number of halogens is 3. The molecule has 0 radical (unpaired) electrons. The molecule has 1 atom stereocenters. The molecule has 3 amide bonds. The number of hydrogen-bond donors (Lipinski definition) is 2. The highest BCUT2D eigenvalue weighted by Crippen LogP contribution is 2.30. The Labute approximate surface area is 178 Å². The Kier molecular flexibility index (Phi) is 5.01. The number of carbonyl (C=O) groups excluding carboxylic acids is 3. The summed E-state index contributed by atoms with van der Waals surface area (Å²) in [6.45, 7) is 0. The van der Waals surface area contributed by atoms with E-state index < -0.39 is 29.6 Å². The van der Waals surface area contributed by atoms with E-state index in [0.29, 0.717) is 22.1 Å². The molecule has 1 saturated heterocycles. The molecule has 4 rings (SSSR count). The Balaban J connectivity index is 1.70. The third-order valence-corrected chi connectivity index (χ3v) is 5.14. The van der Waals surface area contributed by atoms with E-state index >= 15 is 0 Å². The number of aromatic amines is 1. The summed E-state index contributed by atoms with van der Waals surface area (Å²) in [6.07, 6.45) is 3.09. The highest BCUT2D eigenvalue weighted by Gasteiger charge is 2.39. The summed E-state index contributed by atoms with van der Waals surface area (Å²) in [5, 5.41) is 11.6. The molecule has 2 N–H and O–H groups in total. The number of hydrogen-bond acceptors (Lipinski definition) is 4. The number of rotatable bonds is 4. The van der Waals surface area contributed by atoms with Crippen LogP contribution in [0.5, 0.6) is 0 Å². The van der Waals surface area contributed by atoms with Crippen molar-refractivity contribution in [3.05, 3.63) is 75.6 Å². The lowest BCUT2D eigenvalue weighted by atomic mass is 10.0. The van der Waals surface area contributed by atoms with Gasteiger partial charge in [0.2, 0.25) is 0 Å². The summed E-state index contributed by atoms with van der Waals surface area (Å²) in [5.41, 5.74) is 0.176. The van der Waals surface area contributed by atoms with Crippen molar-refractivity contribution in [3.63, 3.8) is 0 Å². The van der Waals surface area contributed by atoms with Crippen molar-refractivity contribution >= 4 is 46.8 Å². The number of carbonyl (C=O) groups is 3. The Hall–Kier alpha value is -4.03. The third kappa shape index (κ3) is 3.33. The molecule has 10 heteroatoms. The average Bonchev–Trinajstić information content (AvgIpc) is 3.28. The minimum absolute atomic E-state index is 0.0278. The topological polar surface area (TPSA) is 106 Å². The smallest absolute Gasteiger partial charge is 0.329 e. The van der Waals surface area contributed by atoms with Crippen LogP contribution in [-0.2, 0) is 9.59 Å². The highest BCUT2D eigenvalue weighted by atomic mass is 35.5. The minimum Gasteiger partial charge on any atom is -0.358 e. The molecule has 154 valence electrons. The first-order valence-corrected chi connectivity index (χ1v) is 9.19. The summed E-state index contributed by atoms with van der Waals surface area (Å²) in [4.78, 5) is 40.3. The van der Waals surface area contributed by atoms with E-state index in [2.05, 4.69) is 10.3 Å². The average molecular weight is 441 g/mol. The van der Waals surface area contributed by atoms with Crippen molar-refractivity contribution in [1.29, 1.82) is 5.26 Å². The zero-order valence-corrected chi connectivity index (χ0v) is 16.2. The Bertz CT molecular complexity index is 1340. The second-order valence-electron chi connectivity index (χ2n) is 6.62. The first kappa shape index (κ1) is 20.3. The lowest BCUT2D eigenvalue weighted by molar-refractivity contribution is -0.128. The molecule has 3 aromatic rings. The lowest BCUT2D eigenvalue weighted by Crippen LogP contribution is -2.35. The molecule has 2 heterocycles. The maximum atomic E-state index is 14.1. The van der Waals surface area contributed by atoms with Crippen LogP contribution < -0.4 is 5.32 Å². The number of H-pyrrole nitrogens is 1. The molecule has 0 spiro atoms. The highest BCUT2D eigenvalue weighted by molar-refractivity contribution is 6.31. The Morgan fingerprint density at radius 2 is 1.97 bits per heavy atom. The van der Waals surface area contributed by atoms with Gasteiger partial charge in [-0.1, -0.05) is 23.7 Å². The number of nitrogens with zero attached hydrogens (tertiary/aromatic N) is 2.